The number of hydrogen-bond acceptors (Lipinski definition) is 2. The number of aryl methyl sites for hydroxylation is 1. The van der Waals surface area contributed by atoms with Gasteiger partial charge in [-0.3, -0.25) is 0 Å². The van der Waals surface area contributed by atoms with Gasteiger partial charge in [-0.2, -0.15) is 0 Å². The molecule has 15 heavy (non-hydrogen) atoms. The van der Waals surface area contributed by atoms with Crippen LogP contribution in [0.4, 0.5) is 0 Å². The first-order valence-electron chi connectivity index (χ1n) is 5.67. The summed E-state index contributed by atoms with van der Waals surface area (Å²) in [7, 11) is 0. The zero-order valence-corrected chi connectivity index (χ0v) is 9.75. The van der Waals surface area contributed by atoms with Crippen molar-refractivity contribution in [1.29, 1.82) is 0 Å². The summed E-state index contributed by atoms with van der Waals surface area (Å²) < 4.78 is 5.34. The van der Waals surface area contributed by atoms with E-state index in [0.29, 0.717) is 6.04 Å². The second-order valence-electron chi connectivity index (χ2n) is 3.86. The third-order valence-electron chi connectivity index (χ3n) is 2.45. The van der Waals surface area contributed by atoms with Crippen LogP contribution in [-0.4, -0.2) is 6.54 Å². The third-order valence-corrected chi connectivity index (χ3v) is 2.45. The highest BCUT2D eigenvalue weighted by molar-refractivity contribution is 5.16. The summed E-state index contributed by atoms with van der Waals surface area (Å²) in [4.78, 5) is 0. The fourth-order valence-corrected chi connectivity index (χ4v) is 1.64. The molecule has 0 bridgehead atoms. The van der Waals surface area contributed by atoms with Crippen molar-refractivity contribution in [3.8, 4) is 0 Å². The molecule has 2 nitrogen and oxygen atoms in total. The van der Waals surface area contributed by atoms with Crippen LogP contribution < -0.4 is 5.32 Å². The summed E-state index contributed by atoms with van der Waals surface area (Å²) in [5.41, 5.74) is 1.25. The predicted molar refractivity (Wildman–Crippen MR) is 63.9 cm³/mol. The zero-order chi connectivity index (χ0) is 11.1. The number of furan rings is 1. The standard InChI is InChI=1S/C13H21NO/c1-4-6-7-13(14-8-5-2)12-9-11(3)15-10-12/h4,9-10,13-14H,1,5-8H2,2-3H3. The van der Waals surface area contributed by atoms with Gasteiger partial charge >= 0.3 is 0 Å². The summed E-state index contributed by atoms with van der Waals surface area (Å²) >= 11 is 0. The van der Waals surface area contributed by atoms with Crippen molar-refractivity contribution in [2.75, 3.05) is 6.54 Å². The average Bonchev–Trinajstić information content (AvgIpc) is 2.65. The second kappa shape index (κ2) is 6.46. The van der Waals surface area contributed by atoms with E-state index in [2.05, 4.69) is 24.9 Å². The molecular formula is C13H21NO. The zero-order valence-electron chi connectivity index (χ0n) is 9.75. The molecule has 1 atom stereocenters. The van der Waals surface area contributed by atoms with Crippen molar-refractivity contribution in [3.63, 3.8) is 0 Å². The summed E-state index contributed by atoms with van der Waals surface area (Å²) in [6, 6.07) is 2.51. The molecule has 1 aromatic heterocycles. The Labute approximate surface area is 92.4 Å². The quantitative estimate of drug-likeness (QED) is 0.691. The van der Waals surface area contributed by atoms with E-state index in [9.17, 15) is 0 Å². The van der Waals surface area contributed by atoms with E-state index < -0.39 is 0 Å². The number of rotatable bonds is 7. The van der Waals surface area contributed by atoms with Gasteiger partial charge in [0.2, 0.25) is 0 Å². The highest BCUT2D eigenvalue weighted by Crippen LogP contribution is 2.20. The molecule has 1 aromatic rings. The van der Waals surface area contributed by atoms with Crippen LogP contribution in [0.5, 0.6) is 0 Å². The maximum absolute atomic E-state index is 5.34. The third kappa shape index (κ3) is 3.92. The molecule has 1 N–H and O–H groups in total. The average molecular weight is 207 g/mol. The SMILES string of the molecule is C=CCCC(NCCC)c1coc(C)c1. The van der Waals surface area contributed by atoms with Crippen LogP contribution in [0.3, 0.4) is 0 Å². The summed E-state index contributed by atoms with van der Waals surface area (Å²) in [5.74, 6) is 0.979. The topological polar surface area (TPSA) is 25.2 Å². The molecule has 1 unspecified atom stereocenters. The van der Waals surface area contributed by atoms with Gasteiger partial charge in [0.15, 0.2) is 0 Å². The van der Waals surface area contributed by atoms with E-state index in [1.54, 1.807) is 0 Å². The second-order valence-corrected chi connectivity index (χ2v) is 3.86. The van der Waals surface area contributed by atoms with Crippen molar-refractivity contribution in [2.24, 2.45) is 0 Å². The molecule has 2 heteroatoms. The summed E-state index contributed by atoms with van der Waals surface area (Å²) in [6.07, 6.45) is 7.09. The van der Waals surface area contributed by atoms with Gasteiger partial charge in [0.25, 0.3) is 0 Å². The minimum Gasteiger partial charge on any atom is -0.469 e. The highest BCUT2D eigenvalue weighted by atomic mass is 16.3. The van der Waals surface area contributed by atoms with E-state index in [1.165, 1.54) is 5.56 Å². The first kappa shape index (κ1) is 12.1. The van der Waals surface area contributed by atoms with Crippen molar-refractivity contribution in [3.05, 3.63) is 36.3 Å². The molecule has 0 saturated heterocycles. The van der Waals surface area contributed by atoms with Crippen LogP contribution in [0, 0.1) is 6.92 Å². The van der Waals surface area contributed by atoms with Crippen LogP contribution in [0.2, 0.25) is 0 Å². The van der Waals surface area contributed by atoms with Crippen LogP contribution in [0.25, 0.3) is 0 Å². The first-order valence-corrected chi connectivity index (χ1v) is 5.67. The van der Waals surface area contributed by atoms with E-state index in [0.717, 1.165) is 31.6 Å². The molecule has 0 aliphatic heterocycles. The minimum atomic E-state index is 0.403. The van der Waals surface area contributed by atoms with Crippen molar-refractivity contribution in [1.82, 2.24) is 5.32 Å². The van der Waals surface area contributed by atoms with Gasteiger partial charge in [-0.15, -0.1) is 6.58 Å². The Kier molecular flexibility index (Phi) is 5.19. The summed E-state index contributed by atoms with van der Waals surface area (Å²) in [5, 5.41) is 3.53. The van der Waals surface area contributed by atoms with Crippen molar-refractivity contribution in [2.45, 2.75) is 39.2 Å². The molecule has 1 heterocycles. The smallest absolute Gasteiger partial charge is 0.101 e. The monoisotopic (exact) mass is 207 g/mol. The molecule has 0 fully saturated rings. The van der Waals surface area contributed by atoms with E-state index >= 15 is 0 Å². The Morgan fingerprint density at radius 1 is 1.60 bits per heavy atom. The van der Waals surface area contributed by atoms with Gasteiger partial charge in [-0.05, 0) is 38.8 Å². The molecule has 1 rings (SSSR count). The normalized spacial score (nSPS) is 12.7. The van der Waals surface area contributed by atoms with E-state index in [1.807, 2.05) is 19.3 Å². The maximum atomic E-state index is 5.34. The van der Waals surface area contributed by atoms with Crippen LogP contribution in [0.15, 0.2) is 29.4 Å². The predicted octanol–water partition coefficient (Wildman–Crippen LogP) is 3.59. The highest BCUT2D eigenvalue weighted by Gasteiger charge is 2.11. The Balaban J connectivity index is 2.58. The van der Waals surface area contributed by atoms with Gasteiger partial charge in [0, 0.05) is 11.6 Å². The van der Waals surface area contributed by atoms with Crippen molar-refractivity contribution < 1.29 is 4.42 Å². The first-order chi connectivity index (χ1) is 7.27. The largest absolute Gasteiger partial charge is 0.469 e. The molecular weight excluding hydrogens is 186 g/mol. The number of allylic oxidation sites excluding steroid dienone is 1. The fraction of sp³-hybridized carbons (Fsp3) is 0.538. The lowest BCUT2D eigenvalue weighted by molar-refractivity contribution is 0.487. The van der Waals surface area contributed by atoms with Gasteiger partial charge in [-0.25, -0.2) is 0 Å². The Morgan fingerprint density at radius 2 is 2.40 bits per heavy atom. The van der Waals surface area contributed by atoms with Gasteiger partial charge in [0.05, 0.1) is 6.26 Å². The molecule has 84 valence electrons. The van der Waals surface area contributed by atoms with Crippen LogP contribution >= 0.6 is 0 Å². The molecule has 0 aliphatic rings. The van der Waals surface area contributed by atoms with E-state index in [4.69, 9.17) is 4.42 Å². The van der Waals surface area contributed by atoms with Crippen LogP contribution in [-0.2, 0) is 0 Å². The lowest BCUT2D eigenvalue weighted by atomic mass is 10.0. The molecule has 0 spiro atoms. The van der Waals surface area contributed by atoms with Crippen LogP contribution in [0.1, 0.15) is 43.6 Å². The Morgan fingerprint density at radius 3 is 2.93 bits per heavy atom. The van der Waals surface area contributed by atoms with Gasteiger partial charge in [0.1, 0.15) is 5.76 Å². The molecule has 0 aliphatic carbocycles. The van der Waals surface area contributed by atoms with Gasteiger partial charge in [-0.1, -0.05) is 13.0 Å². The minimum absolute atomic E-state index is 0.403. The van der Waals surface area contributed by atoms with Gasteiger partial charge < -0.3 is 9.73 Å². The molecule has 0 amide bonds. The summed E-state index contributed by atoms with van der Waals surface area (Å²) in [6.45, 7) is 8.97. The maximum Gasteiger partial charge on any atom is 0.101 e. The Hall–Kier alpha value is -1.02. The lowest BCUT2D eigenvalue weighted by Crippen LogP contribution is -2.21. The van der Waals surface area contributed by atoms with Crippen molar-refractivity contribution >= 4 is 0 Å². The Bertz CT molecular complexity index is 290. The number of hydrogen-bond donors (Lipinski definition) is 1. The number of nitrogens with one attached hydrogen (secondary N) is 1. The molecule has 0 saturated carbocycles. The lowest BCUT2D eigenvalue weighted by Gasteiger charge is -2.15. The molecule has 0 aromatic carbocycles. The van der Waals surface area contributed by atoms with E-state index in [-0.39, 0.29) is 0 Å². The molecule has 0 radical (unpaired) electrons. The fourth-order valence-electron chi connectivity index (χ4n) is 1.64.